The number of carbonyl (C=O) groups excluding carboxylic acids is 1. The molecule has 1 aromatic heterocycles. The van der Waals surface area contributed by atoms with E-state index in [-0.39, 0.29) is 12.3 Å². The van der Waals surface area contributed by atoms with E-state index in [2.05, 4.69) is 5.16 Å². The maximum Gasteiger partial charge on any atom is 0.303 e. The predicted molar refractivity (Wildman–Crippen MR) is 66.7 cm³/mol. The van der Waals surface area contributed by atoms with Crippen LogP contribution in [-0.4, -0.2) is 40.1 Å². The van der Waals surface area contributed by atoms with Crippen LogP contribution in [0.15, 0.2) is 10.6 Å². The molecule has 1 amide bonds. The molecule has 1 aliphatic rings. The molecule has 2 heterocycles. The monoisotopic (exact) mass is 266 g/mol. The van der Waals surface area contributed by atoms with Crippen LogP contribution in [0.5, 0.6) is 0 Å². The molecule has 0 spiro atoms. The molecule has 104 valence electrons. The molecular weight excluding hydrogens is 248 g/mol. The van der Waals surface area contributed by atoms with Crippen LogP contribution in [0.4, 0.5) is 0 Å². The number of piperidine rings is 1. The van der Waals surface area contributed by atoms with Crippen molar-refractivity contribution < 1.29 is 19.2 Å². The van der Waals surface area contributed by atoms with Gasteiger partial charge in [0.25, 0.3) is 5.91 Å². The molecule has 1 aliphatic heterocycles. The average molecular weight is 266 g/mol. The lowest BCUT2D eigenvalue weighted by Gasteiger charge is -2.31. The summed E-state index contributed by atoms with van der Waals surface area (Å²) in [7, 11) is 0. The summed E-state index contributed by atoms with van der Waals surface area (Å²) in [6.07, 6.45) is 2.62. The van der Waals surface area contributed by atoms with Gasteiger partial charge in [0.1, 0.15) is 5.76 Å². The highest BCUT2D eigenvalue weighted by Gasteiger charge is 2.25. The van der Waals surface area contributed by atoms with Crippen molar-refractivity contribution in [1.29, 1.82) is 0 Å². The molecular formula is C13H18N2O4. The molecule has 0 atom stereocenters. The first kappa shape index (κ1) is 13.6. The third-order valence-corrected chi connectivity index (χ3v) is 3.52. The van der Waals surface area contributed by atoms with Gasteiger partial charge in [0.2, 0.25) is 0 Å². The minimum absolute atomic E-state index is 0.103. The van der Waals surface area contributed by atoms with Crippen LogP contribution < -0.4 is 0 Å². The zero-order valence-electron chi connectivity index (χ0n) is 11.0. The van der Waals surface area contributed by atoms with E-state index in [9.17, 15) is 9.59 Å². The molecule has 0 bridgehead atoms. The first-order chi connectivity index (χ1) is 9.06. The fraction of sp³-hybridized carbons (Fsp3) is 0.615. The van der Waals surface area contributed by atoms with Crippen LogP contribution >= 0.6 is 0 Å². The van der Waals surface area contributed by atoms with Gasteiger partial charge in [0, 0.05) is 25.6 Å². The Morgan fingerprint density at radius 1 is 1.47 bits per heavy atom. The second kappa shape index (κ2) is 5.86. The lowest BCUT2D eigenvalue weighted by Crippen LogP contribution is -2.38. The highest BCUT2D eigenvalue weighted by molar-refractivity contribution is 5.92. The Morgan fingerprint density at radius 3 is 2.68 bits per heavy atom. The molecule has 6 nitrogen and oxygen atoms in total. The van der Waals surface area contributed by atoms with Gasteiger partial charge in [-0.2, -0.15) is 0 Å². The Bertz CT molecular complexity index is 461. The molecule has 0 radical (unpaired) electrons. The van der Waals surface area contributed by atoms with Crippen molar-refractivity contribution in [3.8, 4) is 0 Å². The second-order valence-corrected chi connectivity index (χ2v) is 4.99. The first-order valence-corrected chi connectivity index (χ1v) is 6.50. The van der Waals surface area contributed by atoms with E-state index < -0.39 is 5.97 Å². The van der Waals surface area contributed by atoms with E-state index in [4.69, 9.17) is 9.63 Å². The number of aromatic nitrogens is 1. The van der Waals surface area contributed by atoms with Gasteiger partial charge in [-0.3, -0.25) is 9.59 Å². The average Bonchev–Trinajstić information content (AvgIpc) is 2.83. The van der Waals surface area contributed by atoms with Crippen LogP contribution in [0.2, 0.25) is 0 Å². The van der Waals surface area contributed by atoms with Crippen molar-refractivity contribution in [2.24, 2.45) is 5.92 Å². The number of aliphatic carboxylic acids is 1. The predicted octanol–water partition coefficient (Wildman–Crippen LogP) is 1.70. The Hall–Kier alpha value is -1.85. The second-order valence-electron chi connectivity index (χ2n) is 4.99. The van der Waals surface area contributed by atoms with Gasteiger partial charge in [-0.15, -0.1) is 0 Å². The molecule has 1 saturated heterocycles. The third-order valence-electron chi connectivity index (χ3n) is 3.52. The zero-order chi connectivity index (χ0) is 13.8. The number of hydrogen-bond acceptors (Lipinski definition) is 4. The van der Waals surface area contributed by atoms with E-state index in [1.807, 2.05) is 0 Å². The quantitative estimate of drug-likeness (QED) is 0.896. The number of hydrogen-bond donors (Lipinski definition) is 1. The molecule has 0 unspecified atom stereocenters. The number of rotatable bonds is 4. The highest BCUT2D eigenvalue weighted by Crippen LogP contribution is 2.23. The van der Waals surface area contributed by atoms with Crippen molar-refractivity contribution in [1.82, 2.24) is 10.1 Å². The van der Waals surface area contributed by atoms with Crippen LogP contribution in [-0.2, 0) is 4.79 Å². The van der Waals surface area contributed by atoms with Crippen molar-refractivity contribution in [3.05, 3.63) is 17.5 Å². The normalized spacial score (nSPS) is 16.6. The van der Waals surface area contributed by atoms with Gasteiger partial charge in [0.05, 0.1) is 0 Å². The molecule has 0 aliphatic carbocycles. The summed E-state index contributed by atoms with van der Waals surface area (Å²) in [5.41, 5.74) is 0.349. The van der Waals surface area contributed by atoms with Gasteiger partial charge in [-0.05, 0) is 32.1 Å². The molecule has 1 aromatic rings. The maximum absolute atomic E-state index is 12.1. The number of nitrogens with zero attached hydrogens (tertiary/aromatic N) is 2. The van der Waals surface area contributed by atoms with E-state index in [1.54, 1.807) is 17.9 Å². The SMILES string of the molecule is Cc1cc(C(=O)N2CCC(CCC(=O)O)CC2)no1. The fourth-order valence-electron chi connectivity index (χ4n) is 2.38. The molecule has 19 heavy (non-hydrogen) atoms. The van der Waals surface area contributed by atoms with Crippen LogP contribution in [0.25, 0.3) is 0 Å². The molecule has 0 aromatic carbocycles. The maximum atomic E-state index is 12.1. The summed E-state index contributed by atoms with van der Waals surface area (Å²) in [5, 5.41) is 12.4. The lowest BCUT2D eigenvalue weighted by molar-refractivity contribution is -0.137. The highest BCUT2D eigenvalue weighted by atomic mass is 16.5. The summed E-state index contributed by atoms with van der Waals surface area (Å²) in [6, 6.07) is 1.64. The summed E-state index contributed by atoms with van der Waals surface area (Å²) in [6.45, 7) is 3.08. The topological polar surface area (TPSA) is 83.6 Å². The Balaban J connectivity index is 1.83. The molecule has 1 fully saturated rings. The molecule has 2 rings (SSSR count). The molecule has 1 N–H and O–H groups in total. The Labute approximate surface area is 111 Å². The Morgan fingerprint density at radius 2 is 2.16 bits per heavy atom. The van der Waals surface area contributed by atoms with Crippen molar-refractivity contribution in [2.75, 3.05) is 13.1 Å². The third kappa shape index (κ3) is 3.56. The van der Waals surface area contributed by atoms with E-state index in [0.717, 1.165) is 12.8 Å². The zero-order valence-corrected chi connectivity index (χ0v) is 11.0. The lowest BCUT2D eigenvalue weighted by atomic mass is 9.92. The number of likely N-dealkylation sites (tertiary alicyclic amines) is 1. The summed E-state index contributed by atoms with van der Waals surface area (Å²) in [5.74, 6) is 0.170. The smallest absolute Gasteiger partial charge is 0.303 e. The standard InChI is InChI=1S/C13H18N2O4/c1-9-8-11(14-19-9)13(18)15-6-4-10(5-7-15)2-3-12(16)17/h8,10H,2-7H2,1H3,(H,16,17). The van der Waals surface area contributed by atoms with Gasteiger partial charge < -0.3 is 14.5 Å². The van der Waals surface area contributed by atoms with Gasteiger partial charge >= 0.3 is 5.97 Å². The van der Waals surface area contributed by atoms with Crippen molar-refractivity contribution in [2.45, 2.75) is 32.6 Å². The van der Waals surface area contributed by atoms with E-state index in [0.29, 0.717) is 36.9 Å². The summed E-state index contributed by atoms with van der Waals surface area (Å²) < 4.78 is 4.90. The number of carboxylic acid groups (broad SMARTS) is 1. The minimum Gasteiger partial charge on any atom is -0.481 e. The van der Waals surface area contributed by atoms with Crippen LogP contribution in [0.3, 0.4) is 0 Å². The largest absolute Gasteiger partial charge is 0.481 e. The number of amides is 1. The number of carbonyl (C=O) groups is 2. The summed E-state index contributed by atoms with van der Waals surface area (Å²) in [4.78, 5) is 24.4. The minimum atomic E-state index is -0.753. The van der Waals surface area contributed by atoms with Gasteiger partial charge in [0.15, 0.2) is 5.69 Å². The van der Waals surface area contributed by atoms with E-state index in [1.165, 1.54) is 0 Å². The van der Waals surface area contributed by atoms with Crippen molar-refractivity contribution >= 4 is 11.9 Å². The van der Waals surface area contributed by atoms with Gasteiger partial charge in [-0.1, -0.05) is 5.16 Å². The number of carboxylic acids is 1. The first-order valence-electron chi connectivity index (χ1n) is 6.50. The molecule has 0 saturated carbocycles. The van der Waals surface area contributed by atoms with Crippen LogP contribution in [0.1, 0.15) is 41.9 Å². The van der Waals surface area contributed by atoms with Crippen molar-refractivity contribution in [3.63, 3.8) is 0 Å². The molecule has 6 heteroatoms. The fourth-order valence-corrected chi connectivity index (χ4v) is 2.38. The Kier molecular flexibility index (Phi) is 4.19. The number of aryl methyl sites for hydroxylation is 1. The van der Waals surface area contributed by atoms with Crippen LogP contribution in [0, 0.1) is 12.8 Å². The van der Waals surface area contributed by atoms with Gasteiger partial charge in [-0.25, -0.2) is 0 Å². The van der Waals surface area contributed by atoms with E-state index >= 15 is 0 Å². The summed E-state index contributed by atoms with van der Waals surface area (Å²) >= 11 is 0.